The molecule has 0 aromatic heterocycles. The molecule has 3 aromatic carbocycles. The molecule has 0 radical (unpaired) electrons. The standard InChI is InChI=1S/C26H28F2O2/c1-18-8-9-21(15-19(18)2)16-22(26-24(27)6-3-7-25(26)28)5-4-14-30-23-12-10-20(17-29)11-13-23/h3,6-13,15,22,29H,4-5,14,16-17H2,1-2H3/t22-/m1/s1. The highest BCUT2D eigenvalue weighted by Crippen LogP contribution is 2.31. The molecule has 0 fully saturated rings. The first-order valence-corrected chi connectivity index (χ1v) is 10.3. The highest BCUT2D eigenvalue weighted by Gasteiger charge is 2.21. The molecular formula is C26H28F2O2. The lowest BCUT2D eigenvalue weighted by Crippen LogP contribution is -2.10. The average molecular weight is 411 g/mol. The normalized spacial score (nSPS) is 12.0. The molecule has 0 aliphatic heterocycles. The topological polar surface area (TPSA) is 29.5 Å². The molecular weight excluding hydrogens is 382 g/mol. The van der Waals surface area contributed by atoms with E-state index >= 15 is 0 Å². The van der Waals surface area contributed by atoms with E-state index in [1.165, 1.54) is 29.3 Å². The van der Waals surface area contributed by atoms with Gasteiger partial charge in [0.1, 0.15) is 17.4 Å². The Bertz CT molecular complexity index is 947. The van der Waals surface area contributed by atoms with Crippen LogP contribution in [0.2, 0.25) is 0 Å². The lowest BCUT2D eigenvalue weighted by atomic mass is 9.87. The Balaban J connectivity index is 1.69. The molecule has 3 aromatic rings. The minimum Gasteiger partial charge on any atom is -0.494 e. The minimum absolute atomic E-state index is 0.00531. The van der Waals surface area contributed by atoms with Crippen LogP contribution in [0.5, 0.6) is 5.75 Å². The Kier molecular flexibility index (Phi) is 7.58. The Morgan fingerprint density at radius 3 is 2.17 bits per heavy atom. The summed E-state index contributed by atoms with van der Waals surface area (Å²) in [7, 11) is 0. The van der Waals surface area contributed by atoms with E-state index in [1.54, 1.807) is 0 Å². The molecule has 0 saturated carbocycles. The summed E-state index contributed by atoms with van der Waals surface area (Å²) in [6.45, 7) is 4.55. The first kappa shape index (κ1) is 22.0. The molecule has 158 valence electrons. The molecule has 0 aliphatic rings. The van der Waals surface area contributed by atoms with Gasteiger partial charge in [-0.3, -0.25) is 0 Å². The summed E-state index contributed by atoms with van der Waals surface area (Å²) in [5, 5.41) is 9.11. The molecule has 1 N–H and O–H groups in total. The predicted octanol–water partition coefficient (Wildman–Crippen LogP) is 6.26. The Morgan fingerprint density at radius 1 is 0.867 bits per heavy atom. The number of hydrogen-bond donors (Lipinski definition) is 1. The van der Waals surface area contributed by atoms with Gasteiger partial charge >= 0.3 is 0 Å². The van der Waals surface area contributed by atoms with Crippen LogP contribution in [0.15, 0.2) is 60.7 Å². The number of rotatable bonds is 9. The van der Waals surface area contributed by atoms with E-state index in [1.807, 2.05) is 37.3 Å². The van der Waals surface area contributed by atoms with Crippen LogP contribution in [-0.4, -0.2) is 11.7 Å². The van der Waals surface area contributed by atoms with Gasteiger partial charge in [0, 0.05) is 5.56 Å². The van der Waals surface area contributed by atoms with E-state index in [2.05, 4.69) is 19.1 Å². The molecule has 2 nitrogen and oxygen atoms in total. The van der Waals surface area contributed by atoms with Crippen LogP contribution < -0.4 is 4.74 Å². The second kappa shape index (κ2) is 10.4. The smallest absolute Gasteiger partial charge is 0.129 e. The Hall–Kier alpha value is -2.72. The maximum absolute atomic E-state index is 14.5. The van der Waals surface area contributed by atoms with Gasteiger partial charge in [-0.15, -0.1) is 0 Å². The molecule has 30 heavy (non-hydrogen) atoms. The number of halogens is 2. The van der Waals surface area contributed by atoms with Gasteiger partial charge < -0.3 is 9.84 Å². The summed E-state index contributed by atoms with van der Waals surface area (Å²) in [6.07, 6.45) is 1.86. The number of ether oxygens (including phenoxy) is 1. The SMILES string of the molecule is Cc1ccc(C[C@@H](CCCOc2ccc(CO)cc2)c2c(F)cccc2F)cc1C. The fourth-order valence-corrected chi connectivity index (χ4v) is 3.68. The summed E-state index contributed by atoms with van der Waals surface area (Å²) in [6, 6.07) is 17.5. The molecule has 0 bridgehead atoms. The average Bonchev–Trinajstić information content (AvgIpc) is 2.74. The van der Waals surface area contributed by atoms with Crippen molar-refractivity contribution in [3.05, 3.63) is 100 Å². The first-order valence-electron chi connectivity index (χ1n) is 10.3. The third kappa shape index (κ3) is 5.67. The molecule has 3 rings (SSSR count). The zero-order chi connectivity index (χ0) is 21.5. The van der Waals surface area contributed by atoms with Gasteiger partial charge in [-0.25, -0.2) is 8.78 Å². The van der Waals surface area contributed by atoms with E-state index in [4.69, 9.17) is 9.84 Å². The second-order valence-corrected chi connectivity index (χ2v) is 7.75. The number of hydrogen-bond acceptors (Lipinski definition) is 2. The van der Waals surface area contributed by atoms with Crippen LogP contribution >= 0.6 is 0 Å². The van der Waals surface area contributed by atoms with Crippen molar-refractivity contribution in [3.8, 4) is 5.75 Å². The maximum atomic E-state index is 14.5. The van der Waals surface area contributed by atoms with Gasteiger partial charge in [-0.2, -0.15) is 0 Å². The summed E-state index contributed by atoms with van der Waals surface area (Å²) < 4.78 is 34.8. The van der Waals surface area contributed by atoms with Crippen molar-refractivity contribution in [2.24, 2.45) is 0 Å². The van der Waals surface area contributed by atoms with Gasteiger partial charge in [-0.1, -0.05) is 36.4 Å². The van der Waals surface area contributed by atoms with Crippen LogP contribution in [0.1, 0.15) is 46.6 Å². The zero-order valence-electron chi connectivity index (χ0n) is 17.5. The third-order valence-corrected chi connectivity index (χ3v) is 5.53. The number of aliphatic hydroxyl groups is 1. The molecule has 0 saturated heterocycles. The van der Waals surface area contributed by atoms with Gasteiger partial charge in [0.2, 0.25) is 0 Å². The van der Waals surface area contributed by atoms with Crippen LogP contribution in [-0.2, 0) is 13.0 Å². The zero-order valence-corrected chi connectivity index (χ0v) is 17.5. The fraction of sp³-hybridized carbons (Fsp3) is 0.308. The fourth-order valence-electron chi connectivity index (χ4n) is 3.68. The third-order valence-electron chi connectivity index (χ3n) is 5.53. The van der Waals surface area contributed by atoms with E-state index in [9.17, 15) is 8.78 Å². The van der Waals surface area contributed by atoms with E-state index in [0.717, 1.165) is 16.9 Å². The molecule has 0 spiro atoms. The van der Waals surface area contributed by atoms with Crippen molar-refractivity contribution < 1.29 is 18.6 Å². The molecule has 1 atom stereocenters. The van der Waals surface area contributed by atoms with Gasteiger partial charge in [0.15, 0.2) is 0 Å². The van der Waals surface area contributed by atoms with Crippen molar-refractivity contribution >= 4 is 0 Å². The Morgan fingerprint density at radius 2 is 1.53 bits per heavy atom. The van der Waals surface area contributed by atoms with Crippen LogP contribution in [0.3, 0.4) is 0 Å². The minimum atomic E-state index is -0.496. The van der Waals surface area contributed by atoms with E-state index < -0.39 is 11.6 Å². The summed E-state index contributed by atoms with van der Waals surface area (Å²) >= 11 is 0. The molecule has 0 amide bonds. The van der Waals surface area contributed by atoms with Crippen molar-refractivity contribution in [2.75, 3.05) is 6.61 Å². The molecule has 0 heterocycles. The molecule has 4 heteroatoms. The quantitative estimate of drug-likeness (QED) is 0.422. The van der Waals surface area contributed by atoms with Gasteiger partial charge in [0.25, 0.3) is 0 Å². The second-order valence-electron chi connectivity index (χ2n) is 7.75. The predicted molar refractivity (Wildman–Crippen MR) is 116 cm³/mol. The number of aryl methyl sites for hydroxylation is 2. The summed E-state index contributed by atoms with van der Waals surface area (Å²) in [5.74, 6) is -0.544. The highest BCUT2D eigenvalue weighted by molar-refractivity contribution is 5.33. The number of benzene rings is 3. The van der Waals surface area contributed by atoms with Crippen LogP contribution in [0.25, 0.3) is 0 Å². The molecule has 0 unspecified atom stereocenters. The first-order chi connectivity index (χ1) is 14.5. The van der Waals surface area contributed by atoms with Crippen molar-refractivity contribution in [3.63, 3.8) is 0 Å². The summed E-state index contributed by atoms with van der Waals surface area (Å²) in [5.41, 5.74) is 4.43. The summed E-state index contributed by atoms with van der Waals surface area (Å²) in [4.78, 5) is 0. The van der Waals surface area contributed by atoms with Gasteiger partial charge in [-0.05, 0) is 85.5 Å². The maximum Gasteiger partial charge on any atom is 0.129 e. The highest BCUT2D eigenvalue weighted by atomic mass is 19.1. The Labute approximate surface area is 177 Å². The van der Waals surface area contributed by atoms with Crippen molar-refractivity contribution in [1.29, 1.82) is 0 Å². The van der Waals surface area contributed by atoms with Crippen molar-refractivity contribution in [1.82, 2.24) is 0 Å². The number of aliphatic hydroxyl groups excluding tert-OH is 1. The van der Waals surface area contributed by atoms with Gasteiger partial charge in [0.05, 0.1) is 13.2 Å². The lowest BCUT2D eigenvalue weighted by molar-refractivity contribution is 0.280. The monoisotopic (exact) mass is 410 g/mol. The van der Waals surface area contributed by atoms with Crippen molar-refractivity contribution in [2.45, 2.75) is 45.6 Å². The van der Waals surface area contributed by atoms with Crippen LogP contribution in [0, 0.1) is 25.5 Å². The van der Waals surface area contributed by atoms with E-state index in [0.29, 0.717) is 25.9 Å². The van der Waals surface area contributed by atoms with Crippen LogP contribution in [0.4, 0.5) is 8.78 Å². The lowest BCUT2D eigenvalue weighted by Gasteiger charge is -2.20. The van der Waals surface area contributed by atoms with E-state index in [-0.39, 0.29) is 18.1 Å². The molecule has 0 aliphatic carbocycles. The largest absolute Gasteiger partial charge is 0.494 e.